The molecule has 0 aliphatic carbocycles. The lowest BCUT2D eigenvalue weighted by Gasteiger charge is -2.36. The largest absolute Gasteiger partial charge is 0.339 e. The van der Waals surface area contributed by atoms with E-state index < -0.39 is 26.1 Å². The van der Waals surface area contributed by atoms with Crippen LogP contribution in [0, 0.1) is 5.92 Å². The summed E-state index contributed by atoms with van der Waals surface area (Å²) in [6.45, 7) is 4.62. The molecule has 2 unspecified atom stereocenters. The first-order valence-electron chi connectivity index (χ1n) is 8.87. The maximum atomic E-state index is 13.0. The molecule has 0 spiro atoms. The van der Waals surface area contributed by atoms with Crippen LogP contribution in [0.1, 0.15) is 20.3 Å². The zero-order valence-corrected chi connectivity index (χ0v) is 17.5. The van der Waals surface area contributed by atoms with Gasteiger partial charge in [0.25, 0.3) is 0 Å². The fourth-order valence-electron chi connectivity index (χ4n) is 2.92. The molecule has 1 saturated heterocycles. The average Bonchev–Trinajstić information content (AvgIpc) is 2.65. The monoisotopic (exact) mass is 417 g/mol. The van der Waals surface area contributed by atoms with Gasteiger partial charge < -0.3 is 4.90 Å². The zero-order valence-electron chi connectivity index (χ0n) is 15.8. The molecule has 1 aliphatic rings. The summed E-state index contributed by atoms with van der Waals surface area (Å²) < 4.78 is 52.5. The Kier molecular flexibility index (Phi) is 7.01. The normalized spacial score (nSPS) is 18.9. The average molecular weight is 418 g/mol. The van der Waals surface area contributed by atoms with E-state index in [4.69, 9.17) is 0 Å². The number of rotatable bonds is 7. The molecule has 1 amide bonds. The molecule has 1 N–H and O–H groups in total. The Hall–Kier alpha value is -1.49. The Labute approximate surface area is 161 Å². The van der Waals surface area contributed by atoms with Crippen molar-refractivity contribution in [3.8, 4) is 0 Å². The van der Waals surface area contributed by atoms with Crippen LogP contribution in [-0.4, -0.2) is 70.4 Å². The molecule has 1 heterocycles. The Morgan fingerprint density at radius 3 is 2.11 bits per heavy atom. The molecule has 0 saturated carbocycles. The lowest BCUT2D eigenvalue weighted by atomic mass is 9.98. The van der Waals surface area contributed by atoms with Crippen molar-refractivity contribution in [3.63, 3.8) is 0 Å². The second kappa shape index (κ2) is 8.68. The summed E-state index contributed by atoms with van der Waals surface area (Å²) in [4.78, 5) is 14.6. The number of amides is 1. The summed E-state index contributed by atoms with van der Waals surface area (Å²) in [5, 5.41) is 0. The third-order valence-electron chi connectivity index (χ3n) is 4.83. The zero-order chi connectivity index (χ0) is 20.2. The topological polar surface area (TPSA) is 104 Å². The van der Waals surface area contributed by atoms with E-state index >= 15 is 0 Å². The Morgan fingerprint density at radius 1 is 1.07 bits per heavy atom. The molecule has 152 valence electrons. The Balaban J connectivity index is 2.16. The van der Waals surface area contributed by atoms with Crippen molar-refractivity contribution in [1.29, 1.82) is 0 Å². The van der Waals surface area contributed by atoms with Gasteiger partial charge >= 0.3 is 0 Å². The second-order valence-electron chi connectivity index (χ2n) is 6.78. The summed E-state index contributed by atoms with van der Waals surface area (Å²) in [5.41, 5.74) is 0. The number of nitrogens with one attached hydrogen (secondary N) is 1. The number of carbonyl (C=O) groups is 1. The molecule has 1 fully saturated rings. The standard InChI is InChI=1S/C17H27N3O5S2/c1-4-14(2)16(18-27(24,25)15-8-6-5-7-9-15)17(21)19-10-12-20(13-11-19)26(3,22)23/h5-9,14,16,18H,4,10-13H2,1-3H3. The van der Waals surface area contributed by atoms with E-state index in [-0.39, 0.29) is 42.9 Å². The van der Waals surface area contributed by atoms with Crippen molar-refractivity contribution in [2.75, 3.05) is 32.4 Å². The van der Waals surface area contributed by atoms with E-state index in [0.29, 0.717) is 6.42 Å². The minimum Gasteiger partial charge on any atom is -0.339 e. The first-order valence-corrected chi connectivity index (χ1v) is 12.2. The summed E-state index contributed by atoms with van der Waals surface area (Å²) in [6, 6.07) is 7.02. The van der Waals surface area contributed by atoms with Crippen molar-refractivity contribution in [3.05, 3.63) is 30.3 Å². The number of hydrogen-bond donors (Lipinski definition) is 1. The van der Waals surface area contributed by atoms with Crippen LogP contribution in [0.5, 0.6) is 0 Å². The molecule has 1 aromatic carbocycles. The SMILES string of the molecule is CCC(C)C(NS(=O)(=O)c1ccccc1)C(=O)N1CCN(S(C)(=O)=O)CC1. The molecular weight excluding hydrogens is 390 g/mol. The van der Waals surface area contributed by atoms with Gasteiger partial charge in [-0.05, 0) is 18.1 Å². The highest BCUT2D eigenvalue weighted by atomic mass is 32.2. The number of carbonyl (C=O) groups excluding carboxylic acids is 1. The van der Waals surface area contributed by atoms with Gasteiger partial charge in [-0.3, -0.25) is 4.79 Å². The molecule has 1 aromatic rings. The molecule has 27 heavy (non-hydrogen) atoms. The summed E-state index contributed by atoms with van der Waals surface area (Å²) in [5.74, 6) is -0.527. The highest BCUT2D eigenvalue weighted by Crippen LogP contribution is 2.17. The highest BCUT2D eigenvalue weighted by molar-refractivity contribution is 7.89. The van der Waals surface area contributed by atoms with Crippen LogP contribution >= 0.6 is 0 Å². The van der Waals surface area contributed by atoms with Crippen molar-refractivity contribution in [2.45, 2.75) is 31.2 Å². The fraction of sp³-hybridized carbons (Fsp3) is 0.588. The molecule has 0 bridgehead atoms. The predicted molar refractivity (Wildman–Crippen MR) is 103 cm³/mol. The second-order valence-corrected chi connectivity index (χ2v) is 10.5. The van der Waals surface area contributed by atoms with Gasteiger partial charge in [0.05, 0.1) is 11.2 Å². The lowest BCUT2D eigenvalue weighted by molar-refractivity contribution is -0.135. The van der Waals surface area contributed by atoms with Gasteiger partial charge in [0.15, 0.2) is 0 Å². The number of piperazine rings is 1. The molecule has 1 aliphatic heterocycles. The van der Waals surface area contributed by atoms with E-state index in [1.807, 2.05) is 13.8 Å². The number of sulfonamides is 2. The number of hydrogen-bond acceptors (Lipinski definition) is 5. The summed E-state index contributed by atoms with van der Waals surface area (Å²) in [6.07, 6.45) is 1.76. The van der Waals surface area contributed by atoms with Crippen molar-refractivity contribution in [1.82, 2.24) is 13.9 Å². The molecule has 2 atom stereocenters. The van der Waals surface area contributed by atoms with Crippen LogP contribution in [0.3, 0.4) is 0 Å². The van der Waals surface area contributed by atoms with Gasteiger partial charge in [-0.15, -0.1) is 0 Å². The van der Waals surface area contributed by atoms with Crippen molar-refractivity contribution < 1.29 is 21.6 Å². The van der Waals surface area contributed by atoms with E-state index in [9.17, 15) is 21.6 Å². The molecule has 2 rings (SSSR count). The van der Waals surface area contributed by atoms with Gasteiger partial charge in [-0.1, -0.05) is 38.5 Å². The van der Waals surface area contributed by atoms with E-state index in [0.717, 1.165) is 6.26 Å². The molecule has 8 nitrogen and oxygen atoms in total. The quantitative estimate of drug-likeness (QED) is 0.695. The fourth-order valence-corrected chi connectivity index (χ4v) is 5.06. The molecule has 0 radical (unpaired) electrons. The first kappa shape index (κ1) is 21.8. The summed E-state index contributed by atoms with van der Waals surface area (Å²) in [7, 11) is -7.13. The maximum Gasteiger partial charge on any atom is 0.241 e. The van der Waals surface area contributed by atoms with Crippen LogP contribution in [0.25, 0.3) is 0 Å². The minimum atomic E-state index is -3.84. The Bertz CT molecular complexity index is 848. The van der Waals surface area contributed by atoms with Gasteiger partial charge in [0.2, 0.25) is 26.0 Å². The van der Waals surface area contributed by atoms with Crippen LogP contribution < -0.4 is 4.72 Å². The van der Waals surface area contributed by atoms with Crippen LogP contribution in [-0.2, 0) is 24.8 Å². The van der Waals surface area contributed by atoms with Gasteiger partial charge in [-0.2, -0.15) is 9.03 Å². The summed E-state index contributed by atoms with van der Waals surface area (Å²) >= 11 is 0. The van der Waals surface area contributed by atoms with Crippen molar-refractivity contribution >= 4 is 26.0 Å². The van der Waals surface area contributed by atoms with Crippen LogP contribution in [0.2, 0.25) is 0 Å². The Morgan fingerprint density at radius 2 is 1.63 bits per heavy atom. The third-order valence-corrected chi connectivity index (χ3v) is 7.59. The smallest absolute Gasteiger partial charge is 0.241 e. The van der Waals surface area contributed by atoms with Gasteiger partial charge in [0, 0.05) is 26.2 Å². The van der Waals surface area contributed by atoms with Gasteiger partial charge in [-0.25, -0.2) is 16.8 Å². The molecule has 10 heteroatoms. The predicted octanol–water partition coefficient (Wildman–Crippen LogP) is 0.483. The number of benzene rings is 1. The highest BCUT2D eigenvalue weighted by Gasteiger charge is 2.35. The van der Waals surface area contributed by atoms with Crippen LogP contribution in [0.4, 0.5) is 0 Å². The minimum absolute atomic E-state index is 0.105. The van der Waals surface area contributed by atoms with E-state index in [1.165, 1.54) is 21.3 Å². The maximum absolute atomic E-state index is 13.0. The van der Waals surface area contributed by atoms with Gasteiger partial charge in [0.1, 0.15) is 6.04 Å². The lowest BCUT2D eigenvalue weighted by Crippen LogP contribution is -2.57. The first-order chi connectivity index (χ1) is 12.6. The van der Waals surface area contributed by atoms with E-state index in [2.05, 4.69) is 4.72 Å². The third kappa shape index (κ3) is 5.50. The number of nitrogens with zero attached hydrogens (tertiary/aromatic N) is 2. The molecular formula is C17H27N3O5S2. The molecule has 0 aromatic heterocycles. The van der Waals surface area contributed by atoms with E-state index in [1.54, 1.807) is 18.2 Å². The van der Waals surface area contributed by atoms with Crippen LogP contribution in [0.15, 0.2) is 35.2 Å². The van der Waals surface area contributed by atoms with Crippen molar-refractivity contribution in [2.24, 2.45) is 5.92 Å².